The molecule has 0 spiro atoms. The molecule has 1 fully saturated rings. The summed E-state index contributed by atoms with van der Waals surface area (Å²) >= 11 is 8.27. The van der Waals surface area contributed by atoms with Crippen LogP contribution in [0.25, 0.3) is 6.08 Å². The first-order chi connectivity index (χ1) is 17.7. The van der Waals surface area contributed by atoms with Crippen molar-refractivity contribution in [3.05, 3.63) is 80.3 Å². The lowest BCUT2D eigenvalue weighted by molar-refractivity contribution is -0.122. The largest absolute Gasteiger partial charge is 0.495 e. The predicted molar refractivity (Wildman–Crippen MR) is 145 cm³/mol. The van der Waals surface area contributed by atoms with Gasteiger partial charge in [0.1, 0.15) is 5.75 Å². The number of thioether (sulfide) groups is 1. The topological polar surface area (TPSA) is 122 Å². The number of nitrogens with zero attached hydrogens (tertiary/aromatic N) is 1. The number of halogens is 1. The average Bonchev–Trinajstić information content (AvgIpc) is 3.47. The van der Waals surface area contributed by atoms with Gasteiger partial charge in [0, 0.05) is 28.6 Å². The monoisotopic (exact) mass is 577 g/mol. The summed E-state index contributed by atoms with van der Waals surface area (Å²) in [5.74, 6) is -0.703. The summed E-state index contributed by atoms with van der Waals surface area (Å²) in [5, 5.41) is 4.38. The smallest absolute Gasteiger partial charge is 0.293 e. The van der Waals surface area contributed by atoms with E-state index >= 15 is 0 Å². The Morgan fingerprint density at radius 1 is 1.14 bits per heavy atom. The Bertz CT molecular complexity index is 1490. The first-order valence-corrected chi connectivity index (χ1v) is 14.3. The molecule has 13 heteroatoms. The minimum Gasteiger partial charge on any atom is -0.495 e. The molecule has 1 aliphatic rings. The van der Waals surface area contributed by atoms with E-state index in [0.29, 0.717) is 9.93 Å². The number of anilines is 1. The van der Waals surface area contributed by atoms with E-state index in [9.17, 15) is 22.8 Å². The number of carbonyl (C=O) groups excluding carboxylic acids is 3. The van der Waals surface area contributed by atoms with Gasteiger partial charge in [-0.25, -0.2) is 8.42 Å². The average molecular weight is 578 g/mol. The van der Waals surface area contributed by atoms with Crippen LogP contribution in [0.4, 0.5) is 10.5 Å². The van der Waals surface area contributed by atoms with Gasteiger partial charge in [-0.15, -0.1) is 11.3 Å². The van der Waals surface area contributed by atoms with E-state index in [2.05, 4.69) is 10.0 Å². The molecule has 0 atom stereocenters. The molecule has 1 aromatic heterocycles. The lowest BCUT2D eigenvalue weighted by Gasteiger charge is -2.14. The predicted octanol–water partition coefficient (Wildman–Crippen LogP) is 4.68. The highest BCUT2D eigenvalue weighted by molar-refractivity contribution is 8.18. The van der Waals surface area contributed by atoms with Crippen molar-refractivity contribution in [2.75, 3.05) is 24.9 Å². The molecule has 0 radical (unpaired) electrons. The number of benzene rings is 2. The first-order valence-electron chi connectivity index (χ1n) is 10.7. The number of methoxy groups -OCH3 is 1. The minimum absolute atomic E-state index is 0.00189. The number of imide groups is 1. The van der Waals surface area contributed by atoms with Crippen molar-refractivity contribution in [2.24, 2.45) is 0 Å². The fraction of sp³-hybridized carbons (Fsp3) is 0.125. The molecule has 2 heterocycles. The molecule has 2 N–H and O–H groups in total. The van der Waals surface area contributed by atoms with Crippen LogP contribution in [0.2, 0.25) is 5.02 Å². The van der Waals surface area contributed by atoms with Crippen molar-refractivity contribution in [2.45, 2.75) is 4.90 Å². The molecule has 1 aliphatic heterocycles. The number of nitrogens with one attached hydrogen (secondary N) is 2. The Balaban J connectivity index is 1.39. The summed E-state index contributed by atoms with van der Waals surface area (Å²) in [6, 6.07) is 13.6. The second-order valence-corrected chi connectivity index (χ2v) is 11.7. The van der Waals surface area contributed by atoms with Crippen molar-refractivity contribution < 1.29 is 27.5 Å². The third-order valence-electron chi connectivity index (χ3n) is 5.12. The van der Waals surface area contributed by atoms with Gasteiger partial charge in [0.15, 0.2) is 0 Å². The van der Waals surface area contributed by atoms with Crippen LogP contribution >= 0.6 is 34.7 Å². The van der Waals surface area contributed by atoms with E-state index in [1.807, 2.05) is 17.5 Å². The third-order valence-corrected chi connectivity index (χ3v) is 8.45. The molecular weight excluding hydrogens is 558 g/mol. The summed E-state index contributed by atoms with van der Waals surface area (Å²) in [7, 11) is -2.67. The molecule has 0 aliphatic carbocycles. The van der Waals surface area contributed by atoms with Crippen molar-refractivity contribution >= 4 is 73.5 Å². The number of carbonyl (C=O) groups is 3. The van der Waals surface area contributed by atoms with Gasteiger partial charge < -0.3 is 10.1 Å². The molecule has 2 aromatic carbocycles. The van der Waals surface area contributed by atoms with Gasteiger partial charge in [0.05, 0.1) is 22.6 Å². The molecule has 37 heavy (non-hydrogen) atoms. The quantitative estimate of drug-likeness (QED) is 0.354. The van der Waals surface area contributed by atoms with Crippen LogP contribution in [0.1, 0.15) is 15.2 Å². The maximum atomic E-state index is 12.9. The fourth-order valence-corrected chi connectivity index (χ4v) is 6.21. The summed E-state index contributed by atoms with van der Waals surface area (Å²) in [6.07, 6.45) is 1.66. The molecule has 0 unspecified atom stereocenters. The highest BCUT2D eigenvalue weighted by atomic mass is 35.5. The van der Waals surface area contributed by atoms with Gasteiger partial charge in [-0.3, -0.25) is 24.0 Å². The minimum atomic E-state index is -4.07. The van der Waals surface area contributed by atoms with E-state index in [1.165, 1.54) is 54.8 Å². The van der Waals surface area contributed by atoms with Crippen LogP contribution < -0.4 is 14.8 Å². The lowest BCUT2D eigenvalue weighted by atomic mass is 10.2. The number of hydrogen-bond donors (Lipinski definition) is 2. The van der Waals surface area contributed by atoms with Crippen LogP contribution in [0.5, 0.6) is 5.75 Å². The summed E-state index contributed by atoms with van der Waals surface area (Å²) < 4.78 is 33.4. The molecular formula is C24H20ClN3O6S3. The standard InChI is InChI=1S/C24H20ClN3O6S3/c1-34-20-8-7-16(25)13-19(20)27-37(32,33)18-6-2-4-15(12-18)22(29)26-9-10-28-23(30)21(36-24(28)31)14-17-5-3-11-35-17/h2-8,11-14,27H,9-10H2,1H3,(H,26,29)/b21-14-. The molecule has 4 rings (SSSR count). The van der Waals surface area contributed by atoms with Gasteiger partial charge in [0.2, 0.25) is 0 Å². The van der Waals surface area contributed by atoms with Crippen molar-refractivity contribution in [3.63, 3.8) is 0 Å². The summed E-state index contributed by atoms with van der Waals surface area (Å²) in [4.78, 5) is 39.6. The van der Waals surface area contributed by atoms with E-state index in [-0.39, 0.29) is 35.0 Å². The zero-order valence-electron chi connectivity index (χ0n) is 19.3. The van der Waals surface area contributed by atoms with E-state index < -0.39 is 27.1 Å². The van der Waals surface area contributed by atoms with Gasteiger partial charge in [-0.2, -0.15) is 0 Å². The SMILES string of the molecule is COc1ccc(Cl)cc1NS(=O)(=O)c1cccc(C(=O)NCCN2C(=O)S/C(=C\c3cccs3)C2=O)c1. The van der Waals surface area contributed by atoms with Crippen molar-refractivity contribution in [1.82, 2.24) is 10.2 Å². The normalized spacial score (nSPS) is 14.8. The second kappa shape index (κ2) is 11.4. The Hall–Kier alpha value is -3.32. The Morgan fingerprint density at radius 2 is 1.95 bits per heavy atom. The van der Waals surface area contributed by atoms with Crippen LogP contribution in [0, 0.1) is 0 Å². The van der Waals surface area contributed by atoms with E-state index in [1.54, 1.807) is 12.1 Å². The molecule has 0 bridgehead atoms. The van der Waals surface area contributed by atoms with E-state index in [0.717, 1.165) is 21.5 Å². The van der Waals surface area contributed by atoms with Gasteiger partial charge in [-0.05, 0) is 65.7 Å². The molecule has 192 valence electrons. The van der Waals surface area contributed by atoms with Gasteiger partial charge in [-0.1, -0.05) is 23.7 Å². The first kappa shape index (κ1) is 26.7. The highest BCUT2D eigenvalue weighted by Crippen LogP contribution is 2.33. The zero-order chi connectivity index (χ0) is 26.6. The Kier molecular flexibility index (Phi) is 8.22. The fourth-order valence-electron chi connectivity index (χ4n) is 3.35. The zero-order valence-corrected chi connectivity index (χ0v) is 22.5. The molecule has 3 amide bonds. The van der Waals surface area contributed by atoms with Crippen molar-refractivity contribution in [1.29, 1.82) is 0 Å². The van der Waals surface area contributed by atoms with Gasteiger partial charge in [0.25, 0.3) is 27.1 Å². The Labute approximate surface area is 226 Å². The van der Waals surface area contributed by atoms with E-state index in [4.69, 9.17) is 16.3 Å². The molecule has 9 nitrogen and oxygen atoms in total. The Morgan fingerprint density at radius 3 is 2.68 bits per heavy atom. The second-order valence-electron chi connectivity index (χ2n) is 7.58. The van der Waals surface area contributed by atoms with Crippen molar-refractivity contribution in [3.8, 4) is 5.75 Å². The third kappa shape index (κ3) is 6.34. The van der Waals surface area contributed by atoms with Crippen LogP contribution in [-0.2, 0) is 14.8 Å². The maximum absolute atomic E-state index is 12.9. The molecule has 1 saturated heterocycles. The van der Waals surface area contributed by atoms with Crippen LogP contribution in [-0.4, -0.2) is 50.6 Å². The number of ether oxygens (including phenoxy) is 1. The number of rotatable bonds is 9. The summed E-state index contributed by atoms with van der Waals surface area (Å²) in [5.41, 5.74) is 0.239. The number of sulfonamides is 1. The molecule has 0 saturated carbocycles. The number of amides is 3. The van der Waals surface area contributed by atoms with Crippen LogP contribution in [0.15, 0.2) is 69.8 Å². The number of hydrogen-bond acceptors (Lipinski definition) is 8. The maximum Gasteiger partial charge on any atom is 0.293 e. The lowest BCUT2D eigenvalue weighted by Crippen LogP contribution is -2.37. The van der Waals surface area contributed by atoms with Gasteiger partial charge >= 0.3 is 0 Å². The number of thiophene rings is 1. The van der Waals surface area contributed by atoms with Crippen LogP contribution in [0.3, 0.4) is 0 Å². The highest BCUT2D eigenvalue weighted by Gasteiger charge is 2.34. The summed E-state index contributed by atoms with van der Waals surface area (Å²) in [6.45, 7) is -0.0234. The molecule has 3 aromatic rings.